The second kappa shape index (κ2) is 5.69. The first-order chi connectivity index (χ1) is 10.4. The van der Waals surface area contributed by atoms with Crippen LogP contribution < -0.4 is 5.32 Å². The quantitative estimate of drug-likeness (QED) is 0.941. The number of anilines is 1. The predicted molar refractivity (Wildman–Crippen MR) is 82.2 cm³/mol. The van der Waals surface area contributed by atoms with Crippen molar-refractivity contribution in [1.29, 1.82) is 0 Å². The van der Waals surface area contributed by atoms with Crippen molar-refractivity contribution in [2.24, 2.45) is 5.92 Å². The van der Waals surface area contributed by atoms with Gasteiger partial charge in [-0.15, -0.1) is 10.2 Å². The average molecular weight is 302 g/mol. The van der Waals surface area contributed by atoms with E-state index in [0.717, 1.165) is 41.2 Å². The van der Waals surface area contributed by atoms with Crippen LogP contribution >= 0.6 is 11.3 Å². The number of ether oxygens (including phenoxy) is 1. The molecule has 5 nitrogen and oxygen atoms in total. The van der Waals surface area contributed by atoms with Gasteiger partial charge in [-0.2, -0.15) is 0 Å². The monoisotopic (exact) mass is 302 g/mol. The number of nitrogens with zero attached hydrogens (tertiary/aromatic N) is 3. The van der Waals surface area contributed by atoms with Crippen LogP contribution in [0.4, 0.5) is 5.13 Å². The van der Waals surface area contributed by atoms with Crippen LogP contribution in [0.1, 0.15) is 25.7 Å². The van der Waals surface area contributed by atoms with E-state index in [9.17, 15) is 0 Å². The Bertz CT molecular complexity index is 599. The zero-order chi connectivity index (χ0) is 14.1. The van der Waals surface area contributed by atoms with E-state index < -0.39 is 0 Å². The fourth-order valence-electron chi connectivity index (χ4n) is 2.80. The summed E-state index contributed by atoms with van der Waals surface area (Å²) >= 11 is 1.57. The minimum atomic E-state index is 0.444. The molecule has 6 heteroatoms. The molecule has 21 heavy (non-hydrogen) atoms. The Morgan fingerprint density at radius 3 is 2.95 bits per heavy atom. The van der Waals surface area contributed by atoms with Crippen molar-refractivity contribution in [3.63, 3.8) is 0 Å². The number of rotatable bonds is 4. The second-order valence-corrected chi connectivity index (χ2v) is 6.72. The van der Waals surface area contributed by atoms with Crippen molar-refractivity contribution >= 4 is 16.5 Å². The van der Waals surface area contributed by atoms with Gasteiger partial charge < -0.3 is 10.1 Å². The average Bonchev–Trinajstić information content (AvgIpc) is 3.29. The minimum Gasteiger partial charge on any atom is -0.378 e. The molecule has 0 amide bonds. The summed E-state index contributed by atoms with van der Waals surface area (Å²) in [7, 11) is 0. The Hall–Kier alpha value is -1.53. The third kappa shape index (κ3) is 3.06. The smallest absolute Gasteiger partial charge is 0.206 e. The lowest BCUT2D eigenvalue weighted by atomic mass is 10.0. The molecule has 1 saturated heterocycles. The van der Waals surface area contributed by atoms with E-state index in [0.29, 0.717) is 12.1 Å². The summed E-state index contributed by atoms with van der Waals surface area (Å²) in [5, 5.41) is 13.8. The van der Waals surface area contributed by atoms with Gasteiger partial charge in [-0.05, 0) is 43.7 Å². The largest absolute Gasteiger partial charge is 0.378 e. The van der Waals surface area contributed by atoms with Crippen LogP contribution in [0.25, 0.3) is 10.7 Å². The highest BCUT2D eigenvalue weighted by Crippen LogP contribution is 2.38. The fraction of sp³-hybridized carbons (Fsp3) is 0.533. The first-order valence-corrected chi connectivity index (χ1v) is 8.33. The van der Waals surface area contributed by atoms with Crippen molar-refractivity contribution in [2.45, 2.75) is 37.8 Å². The normalized spacial score (nSPS) is 25.7. The molecule has 2 atom stereocenters. The van der Waals surface area contributed by atoms with Crippen molar-refractivity contribution in [1.82, 2.24) is 15.2 Å². The molecule has 0 radical (unpaired) electrons. The van der Waals surface area contributed by atoms with Gasteiger partial charge in [0.25, 0.3) is 0 Å². The Labute approximate surface area is 127 Å². The van der Waals surface area contributed by atoms with Gasteiger partial charge in [-0.25, -0.2) is 0 Å². The number of aromatic nitrogens is 3. The molecule has 0 bridgehead atoms. The second-order valence-electron chi connectivity index (χ2n) is 5.74. The van der Waals surface area contributed by atoms with Crippen LogP contribution in [0.5, 0.6) is 0 Å². The molecule has 1 saturated carbocycles. The molecule has 2 unspecified atom stereocenters. The van der Waals surface area contributed by atoms with Crippen LogP contribution in [0.3, 0.4) is 0 Å². The first kappa shape index (κ1) is 13.2. The lowest BCUT2D eigenvalue weighted by Gasteiger charge is -2.29. The lowest BCUT2D eigenvalue weighted by molar-refractivity contribution is -0.00219. The Kier molecular flexibility index (Phi) is 3.57. The highest BCUT2D eigenvalue weighted by molar-refractivity contribution is 7.18. The molecular formula is C15H18N4OS. The zero-order valence-electron chi connectivity index (χ0n) is 11.7. The SMILES string of the molecule is c1ccc(-c2nnc(NC3CCOC(C4CC4)C3)s2)nc1. The van der Waals surface area contributed by atoms with E-state index in [1.54, 1.807) is 17.5 Å². The molecule has 3 heterocycles. The molecular weight excluding hydrogens is 284 g/mol. The van der Waals surface area contributed by atoms with Crippen molar-refractivity contribution < 1.29 is 4.74 Å². The van der Waals surface area contributed by atoms with Crippen molar-refractivity contribution in [3.05, 3.63) is 24.4 Å². The van der Waals surface area contributed by atoms with Gasteiger partial charge in [-0.3, -0.25) is 4.98 Å². The van der Waals surface area contributed by atoms with Gasteiger partial charge in [0.05, 0.1) is 6.10 Å². The molecule has 2 aliphatic rings. The summed E-state index contributed by atoms with van der Waals surface area (Å²) in [6.07, 6.45) is 7.02. The number of nitrogens with one attached hydrogen (secondary N) is 1. The van der Waals surface area contributed by atoms with Gasteiger partial charge in [0.15, 0.2) is 5.01 Å². The molecule has 1 aliphatic heterocycles. The topological polar surface area (TPSA) is 59.9 Å². The van der Waals surface area contributed by atoms with E-state index in [1.807, 2.05) is 18.2 Å². The molecule has 2 fully saturated rings. The highest BCUT2D eigenvalue weighted by Gasteiger charge is 2.36. The summed E-state index contributed by atoms with van der Waals surface area (Å²) in [6, 6.07) is 6.29. The standard InChI is InChI=1S/C15H18N4OS/c1-2-7-16-12(3-1)14-18-19-15(21-14)17-11-6-8-20-13(9-11)10-4-5-10/h1-3,7,10-11,13H,4-6,8-9H2,(H,17,19). The van der Waals surface area contributed by atoms with E-state index in [-0.39, 0.29) is 0 Å². The first-order valence-electron chi connectivity index (χ1n) is 7.51. The summed E-state index contributed by atoms with van der Waals surface area (Å²) < 4.78 is 5.86. The zero-order valence-corrected chi connectivity index (χ0v) is 12.6. The molecule has 4 rings (SSSR count). The fourth-order valence-corrected chi connectivity index (χ4v) is 3.60. The maximum atomic E-state index is 5.86. The Morgan fingerprint density at radius 2 is 2.14 bits per heavy atom. The van der Waals surface area contributed by atoms with Gasteiger partial charge in [0.2, 0.25) is 5.13 Å². The Balaban J connectivity index is 1.42. The Morgan fingerprint density at radius 1 is 1.19 bits per heavy atom. The summed E-state index contributed by atoms with van der Waals surface area (Å²) in [6.45, 7) is 0.852. The van der Waals surface area contributed by atoms with E-state index in [1.165, 1.54) is 12.8 Å². The summed E-state index contributed by atoms with van der Waals surface area (Å²) in [5.41, 5.74) is 0.880. The lowest BCUT2D eigenvalue weighted by Crippen LogP contribution is -2.35. The van der Waals surface area contributed by atoms with E-state index in [4.69, 9.17) is 4.74 Å². The van der Waals surface area contributed by atoms with Gasteiger partial charge in [0, 0.05) is 18.8 Å². The van der Waals surface area contributed by atoms with Gasteiger partial charge in [-0.1, -0.05) is 17.4 Å². The molecule has 110 valence electrons. The van der Waals surface area contributed by atoms with E-state index >= 15 is 0 Å². The third-order valence-electron chi connectivity index (χ3n) is 4.10. The predicted octanol–water partition coefficient (Wildman–Crippen LogP) is 2.97. The van der Waals surface area contributed by atoms with Crippen molar-refractivity contribution in [3.8, 4) is 10.7 Å². The molecule has 0 aromatic carbocycles. The number of hydrogen-bond donors (Lipinski definition) is 1. The number of hydrogen-bond acceptors (Lipinski definition) is 6. The molecule has 2 aromatic heterocycles. The van der Waals surface area contributed by atoms with Crippen molar-refractivity contribution in [2.75, 3.05) is 11.9 Å². The van der Waals surface area contributed by atoms with Gasteiger partial charge >= 0.3 is 0 Å². The molecule has 2 aromatic rings. The molecule has 1 aliphatic carbocycles. The van der Waals surface area contributed by atoms with Crippen LogP contribution in [-0.4, -0.2) is 33.9 Å². The minimum absolute atomic E-state index is 0.444. The van der Waals surface area contributed by atoms with Crippen LogP contribution in [0, 0.1) is 5.92 Å². The summed E-state index contributed by atoms with van der Waals surface area (Å²) in [5.74, 6) is 0.799. The molecule has 1 N–H and O–H groups in total. The molecule has 0 spiro atoms. The summed E-state index contributed by atoms with van der Waals surface area (Å²) in [4.78, 5) is 4.31. The maximum absolute atomic E-state index is 5.86. The van der Waals surface area contributed by atoms with Crippen LogP contribution in [0.2, 0.25) is 0 Å². The maximum Gasteiger partial charge on any atom is 0.206 e. The van der Waals surface area contributed by atoms with Crippen LogP contribution in [0.15, 0.2) is 24.4 Å². The van der Waals surface area contributed by atoms with E-state index in [2.05, 4.69) is 20.5 Å². The third-order valence-corrected chi connectivity index (χ3v) is 4.98. The van der Waals surface area contributed by atoms with Crippen LogP contribution in [-0.2, 0) is 4.74 Å². The number of pyridine rings is 1. The van der Waals surface area contributed by atoms with Gasteiger partial charge in [0.1, 0.15) is 5.69 Å². The highest BCUT2D eigenvalue weighted by atomic mass is 32.1.